The monoisotopic (exact) mass is 405 g/mol. The molecular formula is C17H15N3O3S3. The first-order valence-corrected chi connectivity index (χ1v) is 10.8. The van der Waals surface area contributed by atoms with Crippen LogP contribution in [0.3, 0.4) is 0 Å². The average molecular weight is 406 g/mol. The van der Waals surface area contributed by atoms with Crippen LogP contribution in [0.25, 0.3) is 10.2 Å². The van der Waals surface area contributed by atoms with Crippen LogP contribution in [-0.2, 0) is 0 Å². The van der Waals surface area contributed by atoms with Crippen LogP contribution in [0.5, 0.6) is 0 Å². The molecule has 134 valence electrons. The third-order valence-electron chi connectivity index (χ3n) is 4.46. The molecule has 0 saturated carbocycles. The molecule has 1 aliphatic heterocycles. The van der Waals surface area contributed by atoms with Gasteiger partial charge in [-0.05, 0) is 31.5 Å². The summed E-state index contributed by atoms with van der Waals surface area (Å²) in [5.74, 6) is 1.70. The number of aromatic nitrogens is 2. The van der Waals surface area contributed by atoms with Crippen molar-refractivity contribution < 1.29 is 4.92 Å². The molecule has 26 heavy (non-hydrogen) atoms. The van der Waals surface area contributed by atoms with E-state index in [0.29, 0.717) is 0 Å². The van der Waals surface area contributed by atoms with E-state index in [4.69, 9.17) is 0 Å². The van der Waals surface area contributed by atoms with Crippen LogP contribution in [0.4, 0.5) is 5.69 Å². The fraction of sp³-hybridized carbons (Fsp3) is 0.294. The van der Waals surface area contributed by atoms with Crippen molar-refractivity contribution >= 4 is 50.8 Å². The topological polar surface area (TPSA) is 78.0 Å². The van der Waals surface area contributed by atoms with Crippen molar-refractivity contribution in [2.24, 2.45) is 0 Å². The molecule has 2 aromatic heterocycles. The Morgan fingerprint density at radius 2 is 2.08 bits per heavy atom. The SMILES string of the molecule is Cc1sc2c(c1C)c(=O)nc1n2[C@@H](CSc2ccc([N+](=O)[O-])cc2)CS1. The summed E-state index contributed by atoms with van der Waals surface area (Å²) in [7, 11) is 0. The third kappa shape index (κ3) is 2.93. The van der Waals surface area contributed by atoms with E-state index in [2.05, 4.69) is 9.55 Å². The van der Waals surface area contributed by atoms with Gasteiger partial charge >= 0.3 is 0 Å². The Kier molecular flexibility index (Phi) is 4.54. The van der Waals surface area contributed by atoms with Gasteiger partial charge in [-0.15, -0.1) is 23.1 Å². The van der Waals surface area contributed by atoms with E-state index in [-0.39, 0.29) is 17.3 Å². The highest BCUT2D eigenvalue weighted by Gasteiger charge is 2.28. The van der Waals surface area contributed by atoms with E-state index in [0.717, 1.165) is 42.2 Å². The summed E-state index contributed by atoms with van der Waals surface area (Å²) in [6.45, 7) is 4.02. The molecule has 3 aromatic rings. The molecule has 3 heterocycles. The third-order valence-corrected chi connectivity index (χ3v) is 7.92. The van der Waals surface area contributed by atoms with Crippen molar-refractivity contribution in [2.75, 3.05) is 11.5 Å². The van der Waals surface area contributed by atoms with Crippen LogP contribution in [0.2, 0.25) is 0 Å². The van der Waals surface area contributed by atoms with Crippen molar-refractivity contribution in [3.63, 3.8) is 0 Å². The Hall–Kier alpha value is -1.84. The molecule has 0 aliphatic carbocycles. The second kappa shape index (κ2) is 6.71. The van der Waals surface area contributed by atoms with Crippen LogP contribution in [0.15, 0.2) is 39.1 Å². The van der Waals surface area contributed by atoms with Gasteiger partial charge in [0.25, 0.3) is 11.2 Å². The molecule has 0 amide bonds. The number of rotatable bonds is 4. The maximum absolute atomic E-state index is 12.4. The fourth-order valence-corrected chi connectivity index (χ4v) is 6.51. The quantitative estimate of drug-likeness (QED) is 0.277. The van der Waals surface area contributed by atoms with Crippen molar-refractivity contribution in [1.29, 1.82) is 0 Å². The zero-order valence-corrected chi connectivity index (χ0v) is 16.5. The Morgan fingerprint density at radius 1 is 1.35 bits per heavy atom. The second-order valence-corrected chi connectivity index (χ2v) is 9.34. The van der Waals surface area contributed by atoms with Gasteiger partial charge in [-0.25, -0.2) is 0 Å². The number of hydrogen-bond acceptors (Lipinski definition) is 7. The Morgan fingerprint density at radius 3 is 2.77 bits per heavy atom. The van der Waals surface area contributed by atoms with E-state index >= 15 is 0 Å². The molecule has 6 nitrogen and oxygen atoms in total. The Labute approximate surface area is 161 Å². The number of fused-ring (bicyclic) bond motifs is 3. The van der Waals surface area contributed by atoms with Crippen LogP contribution in [0, 0.1) is 24.0 Å². The minimum Gasteiger partial charge on any atom is -0.307 e. The van der Waals surface area contributed by atoms with Crippen molar-refractivity contribution in [1.82, 2.24) is 9.55 Å². The van der Waals surface area contributed by atoms with Crippen LogP contribution >= 0.6 is 34.9 Å². The Balaban J connectivity index is 1.62. The molecule has 0 N–H and O–H groups in total. The molecule has 1 aliphatic rings. The molecule has 0 unspecified atom stereocenters. The lowest BCUT2D eigenvalue weighted by molar-refractivity contribution is -0.384. The summed E-state index contributed by atoms with van der Waals surface area (Å²) in [5, 5.41) is 12.3. The largest absolute Gasteiger partial charge is 0.307 e. The first kappa shape index (κ1) is 17.6. The highest BCUT2D eigenvalue weighted by atomic mass is 32.2. The minimum absolute atomic E-state index is 0.101. The van der Waals surface area contributed by atoms with Gasteiger partial charge in [-0.1, -0.05) is 11.8 Å². The average Bonchev–Trinajstić information content (AvgIpc) is 3.15. The van der Waals surface area contributed by atoms with E-state index < -0.39 is 4.92 Å². The highest BCUT2D eigenvalue weighted by molar-refractivity contribution is 8.00. The molecule has 1 atom stereocenters. The Bertz CT molecular complexity index is 1070. The van der Waals surface area contributed by atoms with E-state index in [1.165, 1.54) is 12.1 Å². The standard InChI is InChI=1S/C17H15N3O3S3/c1-9-10(2)26-16-14(9)15(21)18-17-19(16)12(8-25-17)7-24-13-5-3-11(4-6-13)20(22)23/h3-6,12H,7-8H2,1-2H3/t12-/m0/s1. The molecule has 0 radical (unpaired) electrons. The predicted octanol–water partition coefficient (Wildman–Crippen LogP) is 4.42. The van der Waals surface area contributed by atoms with Crippen LogP contribution < -0.4 is 5.56 Å². The van der Waals surface area contributed by atoms with Crippen molar-refractivity contribution in [2.45, 2.75) is 29.9 Å². The van der Waals surface area contributed by atoms with Gasteiger partial charge in [0, 0.05) is 33.4 Å². The number of thiophene rings is 1. The molecule has 1 aromatic carbocycles. The summed E-state index contributed by atoms with van der Waals surface area (Å²) in [4.78, 5) is 30.2. The number of thioether (sulfide) groups is 2. The van der Waals surface area contributed by atoms with Crippen molar-refractivity contribution in [3.8, 4) is 0 Å². The number of non-ortho nitro benzene ring substituents is 1. The number of benzene rings is 1. The summed E-state index contributed by atoms with van der Waals surface area (Å²) in [6, 6.07) is 6.86. The maximum atomic E-state index is 12.4. The smallest absolute Gasteiger partial charge is 0.282 e. The zero-order valence-electron chi connectivity index (χ0n) is 14.1. The van der Waals surface area contributed by atoms with Crippen molar-refractivity contribution in [3.05, 3.63) is 55.2 Å². The van der Waals surface area contributed by atoms with Gasteiger partial charge in [0.05, 0.1) is 16.4 Å². The highest BCUT2D eigenvalue weighted by Crippen LogP contribution is 2.40. The lowest BCUT2D eigenvalue weighted by atomic mass is 10.2. The first-order chi connectivity index (χ1) is 12.5. The van der Waals surface area contributed by atoms with Gasteiger partial charge < -0.3 is 4.57 Å². The number of nitro groups is 1. The van der Waals surface area contributed by atoms with E-state index in [1.54, 1.807) is 47.0 Å². The number of nitrogens with zero attached hydrogens (tertiary/aromatic N) is 3. The molecule has 0 saturated heterocycles. The van der Waals surface area contributed by atoms with Gasteiger partial charge in [0.15, 0.2) is 5.16 Å². The molecule has 0 spiro atoms. The number of nitro benzene ring substituents is 1. The maximum Gasteiger partial charge on any atom is 0.282 e. The normalized spacial score (nSPS) is 16.2. The summed E-state index contributed by atoms with van der Waals surface area (Å²) in [6.07, 6.45) is 0. The van der Waals surface area contributed by atoms with Crippen LogP contribution in [0.1, 0.15) is 16.5 Å². The molecule has 0 fully saturated rings. The van der Waals surface area contributed by atoms with E-state index in [1.807, 2.05) is 13.8 Å². The first-order valence-electron chi connectivity index (χ1n) is 7.98. The summed E-state index contributed by atoms with van der Waals surface area (Å²) >= 11 is 4.94. The number of hydrogen-bond donors (Lipinski definition) is 0. The predicted molar refractivity (Wildman–Crippen MR) is 107 cm³/mol. The van der Waals surface area contributed by atoms with Gasteiger partial charge in [0.2, 0.25) is 0 Å². The fourth-order valence-electron chi connectivity index (χ4n) is 2.96. The molecule has 9 heteroatoms. The zero-order chi connectivity index (χ0) is 18.4. The molecule has 0 bridgehead atoms. The van der Waals surface area contributed by atoms with Crippen LogP contribution in [-0.4, -0.2) is 26.0 Å². The summed E-state index contributed by atoms with van der Waals surface area (Å²) in [5.41, 5.74) is 0.990. The molecular weight excluding hydrogens is 390 g/mol. The lowest BCUT2D eigenvalue weighted by Crippen LogP contribution is -2.16. The van der Waals surface area contributed by atoms with E-state index in [9.17, 15) is 14.9 Å². The van der Waals surface area contributed by atoms with Gasteiger partial charge in [-0.3, -0.25) is 14.9 Å². The van der Waals surface area contributed by atoms with Gasteiger partial charge in [0.1, 0.15) is 4.83 Å². The van der Waals surface area contributed by atoms with Gasteiger partial charge in [-0.2, -0.15) is 4.98 Å². The number of aryl methyl sites for hydroxylation is 2. The molecule has 4 rings (SSSR count). The summed E-state index contributed by atoms with van der Waals surface area (Å²) < 4.78 is 2.20. The minimum atomic E-state index is -0.390. The lowest BCUT2D eigenvalue weighted by Gasteiger charge is -2.14. The second-order valence-electron chi connectivity index (χ2n) is 6.06.